The molecule has 3 nitrogen and oxygen atoms in total. The first-order chi connectivity index (χ1) is 7.19. The van der Waals surface area contributed by atoms with Gasteiger partial charge in [0.1, 0.15) is 11.5 Å². The first kappa shape index (κ1) is 12.2. The molecule has 1 aromatic rings. The van der Waals surface area contributed by atoms with Gasteiger partial charge >= 0.3 is 0 Å². The number of hydrogen-bond donors (Lipinski definition) is 3. The van der Waals surface area contributed by atoms with E-state index >= 15 is 0 Å². The fraction of sp³-hybridized carbons (Fsp3) is 0.455. The van der Waals surface area contributed by atoms with Crippen LogP contribution in [0.2, 0.25) is 0 Å². The molecule has 4 heteroatoms. The lowest BCUT2D eigenvalue weighted by atomic mass is 10.1. The molecule has 0 fully saturated rings. The molecule has 0 aliphatic heterocycles. The fourth-order valence-electron chi connectivity index (χ4n) is 1.54. The van der Waals surface area contributed by atoms with Gasteiger partial charge < -0.3 is 10.2 Å². The Morgan fingerprint density at radius 2 is 2.00 bits per heavy atom. The van der Waals surface area contributed by atoms with Gasteiger partial charge in [-0.1, -0.05) is 19.8 Å². The number of aryl methyl sites for hydroxylation is 1. The van der Waals surface area contributed by atoms with Gasteiger partial charge in [0.2, 0.25) is 0 Å². The van der Waals surface area contributed by atoms with Gasteiger partial charge in [0, 0.05) is 6.07 Å². The number of unbranched alkanes of at least 4 members (excludes halogenated alkanes) is 2. The van der Waals surface area contributed by atoms with Gasteiger partial charge in [-0.2, -0.15) is 0 Å². The molecule has 0 bridgehead atoms. The van der Waals surface area contributed by atoms with Crippen LogP contribution in [-0.4, -0.2) is 10.2 Å². The summed E-state index contributed by atoms with van der Waals surface area (Å²) in [5.41, 5.74) is 0.924. The van der Waals surface area contributed by atoms with E-state index in [0.717, 1.165) is 43.2 Å². The lowest BCUT2D eigenvalue weighted by molar-refractivity contribution is 0.439. The maximum absolute atomic E-state index is 9.57. The number of hydrogen-bond acceptors (Lipinski definition) is 4. The van der Waals surface area contributed by atoms with Gasteiger partial charge in [0.05, 0.1) is 4.90 Å². The Morgan fingerprint density at radius 1 is 1.27 bits per heavy atom. The molecule has 4 N–H and O–H groups in total. The molecule has 0 heterocycles. The van der Waals surface area contributed by atoms with E-state index in [0.29, 0.717) is 4.90 Å². The number of nitrogens with two attached hydrogens (primary N) is 1. The third-order valence-electron chi connectivity index (χ3n) is 2.30. The molecule has 0 aliphatic carbocycles. The summed E-state index contributed by atoms with van der Waals surface area (Å²) in [6.45, 7) is 2.14. The summed E-state index contributed by atoms with van der Waals surface area (Å²) in [5.74, 6) is 0.158. The predicted molar refractivity (Wildman–Crippen MR) is 63.0 cm³/mol. The zero-order valence-corrected chi connectivity index (χ0v) is 9.68. The van der Waals surface area contributed by atoms with Crippen LogP contribution < -0.4 is 5.14 Å². The van der Waals surface area contributed by atoms with Gasteiger partial charge in [-0.15, -0.1) is 0 Å². The highest BCUT2D eigenvalue weighted by molar-refractivity contribution is 7.97. The van der Waals surface area contributed by atoms with Crippen molar-refractivity contribution in [3.8, 4) is 11.5 Å². The first-order valence-corrected chi connectivity index (χ1v) is 5.98. The maximum Gasteiger partial charge on any atom is 0.134 e. The molecule has 84 valence electrons. The van der Waals surface area contributed by atoms with Crippen LogP contribution in [0.3, 0.4) is 0 Å². The number of phenols is 2. The molecule has 0 amide bonds. The highest BCUT2D eigenvalue weighted by atomic mass is 32.2. The molecule has 0 aromatic heterocycles. The standard InChI is InChI=1S/C11H17NO2S/c1-2-3-4-5-8-6-9(13)7-10(14)11(8)15-12/h6-7,13-14H,2-5,12H2,1H3. The Balaban J connectivity index is 2.84. The summed E-state index contributed by atoms with van der Waals surface area (Å²) in [6.07, 6.45) is 4.18. The van der Waals surface area contributed by atoms with Crippen LogP contribution in [0.25, 0.3) is 0 Å². The zero-order chi connectivity index (χ0) is 11.3. The second-order valence-electron chi connectivity index (χ2n) is 3.53. The van der Waals surface area contributed by atoms with E-state index in [1.807, 2.05) is 0 Å². The minimum absolute atomic E-state index is 0.0639. The van der Waals surface area contributed by atoms with Gasteiger partial charge in [-0.3, -0.25) is 5.14 Å². The maximum atomic E-state index is 9.57. The summed E-state index contributed by atoms with van der Waals surface area (Å²) in [6, 6.07) is 2.99. The highest BCUT2D eigenvalue weighted by Crippen LogP contribution is 2.33. The smallest absolute Gasteiger partial charge is 0.134 e. The minimum atomic E-state index is 0.0639. The van der Waals surface area contributed by atoms with Crippen molar-refractivity contribution in [2.75, 3.05) is 0 Å². The highest BCUT2D eigenvalue weighted by Gasteiger charge is 2.09. The van der Waals surface area contributed by atoms with E-state index in [1.54, 1.807) is 6.07 Å². The second-order valence-corrected chi connectivity index (χ2v) is 4.17. The average molecular weight is 227 g/mol. The number of benzene rings is 1. The summed E-state index contributed by atoms with van der Waals surface area (Å²) >= 11 is 1.03. The normalized spacial score (nSPS) is 10.5. The molecular formula is C11H17NO2S. The number of aromatic hydroxyl groups is 2. The molecule has 0 unspecified atom stereocenters. The monoisotopic (exact) mass is 227 g/mol. The third kappa shape index (κ3) is 3.32. The van der Waals surface area contributed by atoms with Crippen LogP contribution >= 0.6 is 11.9 Å². The molecule has 0 spiro atoms. The van der Waals surface area contributed by atoms with E-state index in [-0.39, 0.29) is 11.5 Å². The Morgan fingerprint density at radius 3 is 2.60 bits per heavy atom. The van der Waals surface area contributed by atoms with E-state index in [4.69, 9.17) is 5.14 Å². The van der Waals surface area contributed by atoms with Crippen LogP contribution in [0.4, 0.5) is 0 Å². The minimum Gasteiger partial charge on any atom is -0.508 e. The third-order valence-corrected chi connectivity index (χ3v) is 3.01. The van der Waals surface area contributed by atoms with Gasteiger partial charge in [-0.25, -0.2) is 0 Å². The van der Waals surface area contributed by atoms with Crippen LogP contribution in [0.1, 0.15) is 31.7 Å². The van der Waals surface area contributed by atoms with Crippen molar-refractivity contribution in [1.29, 1.82) is 0 Å². The second kappa shape index (κ2) is 5.88. The summed E-state index contributed by atoms with van der Waals surface area (Å²) < 4.78 is 0. The first-order valence-electron chi connectivity index (χ1n) is 5.10. The van der Waals surface area contributed by atoms with Crippen molar-refractivity contribution in [1.82, 2.24) is 0 Å². The molecular weight excluding hydrogens is 210 g/mol. The van der Waals surface area contributed by atoms with Crippen molar-refractivity contribution in [2.24, 2.45) is 5.14 Å². The molecule has 0 atom stereocenters. The number of rotatable bonds is 5. The molecule has 0 aliphatic rings. The molecule has 1 aromatic carbocycles. The quantitative estimate of drug-likeness (QED) is 0.534. The van der Waals surface area contributed by atoms with Gasteiger partial charge in [0.15, 0.2) is 0 Å². The zero-order valence-electron chi connectivity index (χ0n) is 8.86. The van der Waals surface area contributed by atoms with Crippen molar-refractivity contribution < 1.29 is 10.2 Å². The molecule has 0 saturated heterocycles. The lowest BCUT2D eigenvalue weighted by Crippen LogP contribution is -1.92. The van der Waals surface area contributed by atoms with Crippen LogP contribution in [0.5, 0.6) is 11.5 Å². The van der Waals surface area contributed by atoms with E-state index in [2.05, 4.69) is 6.92 Å². The molecule has 0 radical (unpaired) electrons. The lowest BCUT2D eigenvalue weighted by Gasteiger charge is -2.09. The average Bonchev–Trinajstić information content (AvgIpc) is 2.17. The van der Waals surface area contributed by atoms with Crippen LogP contribution in [-0.2, 0) is 6.42 Å². The molecule has 1 rings (SSSR count). The SMILES string of the molecule is CCCCCc1cc(O)cc(O)c1SN. The Kier molecular flexibility index (Phi) is 4.78. The Bertz CT molecular complexity index is 329. The van der Waals surface area contributed by atoms with E-state index in [1.165, 1.54) is 6.07 Å². The van der Waals surface area contributed by atoms with E-state index < -0.39 is 0 Å². The van der Waals surface area contributed by atoms with Crippen LogP contribution in [0.15, 0.2) is 17.0 Å². The van der Waals surface area contributed by atoms with Crippen LogP contribution in [0, 0.1) is 0 Å². The summed E-state index contributed by atoms with van der Waals surface area (Å²) in [5, 5.41) is 24.4. The Labute approximate surface area is 94.4 Å². The van der Waals surface area contributed by atoms with Crippen molar-refractivity contribution in [2.45, 2.75) is 37.5 Å². The molecule has 15 heavy (non-hydrogen) atoms. The van der Waals surface area contributed by atoms with Gasteiger partial charge in [-0.05, 0) is 36.4 Å². The van der Waals surface area contributed by atoms with Crippen molar-refractivity contribution in [3.05, 3.63) is 17.7 Å². The van der Waals surface area contributed by atoms with Gasteiger partial charge in [0.25, 0.3) is 0 Å². The molecule has 0 saturated carbocycles. The summed E-state index contributed by atoms with van der Waals surface area (Å²) in [7, 11) is 0. The summed E-state index contributed by atoms with van der Waals surface area (Å²) in [4.78, 5) is 0.670. The van der Waals surface area contributed by atoms with E-state index in [9.17, 15) is 10.2 Å². The Hall–Kier alpha value is -0.870. The van der Waals surface area contributed by atoms with Crippen molar-refractivity contribution in [3.63, 3.8) is 0 Å². The predicted octanol–water partition coefficient (Wildman–Crippen LogP) is 2.80. The van der Waals surface area contributed by atoms with Crippen molar-refractivity contribution >= 4 is 11.9 Å². The fourth-order valence-corrected chi connectivity index (χ4v) is 2.04. The largest absolute Gasteiger partial charge is 0.508 e. The number of phenolic OH excluding ortho intramolecular Hbond substituents is 2. The topological polar surface area (TPSA) is 66.5 Å².